The summed E-state index contributed by atoms with van der Waals surface area (Å²) in [5.74, 6) is 0.0705. The number of fused-ring (bicyclic) bond motifs is 1. The molecule has 2 atom stereocenters. The van der Waals surface area contributed by atoms with Crippen LogP contribution in [0.5, 0.6) is 0 Å². The summed E-state index contributed by atoms with van der Waals surface area (Å²) in [4.78, 5) is 10.5. The van der Waals surface area contributed by atoms with Crippen LogP contribution in [-0.4, -0.2) is 13.3 Å². The van der Waals surface area contributed by atoms with Crippen LogP contribution in [0.3, 0.4) is 0 Å². The van der Waals surface area contributed by atoms with Crippen molar-refractivity contribution in [2.24, 2.45) is 0 Å². The standard InChI is InChI=1S/C36H30NO6PS/c1-26-20-22-30(23-21-26)45(40,41)37-34-31-17-9-11-19-33(31)42-35(34)36(43-44(38)39,25-28-14-6-3-7-15-28)32-18-10-8-16-29(32)24-27-12-4-2-5-13-27/h2-23,37H,24-25H2,1H3/p+1. The van der Waals surface area contributed by atoms with Gasteiger partial charge in [-0.05, 0) is 54.3 Å². The van der Waals surface area contributed by atoms with E-state index in [1.807, 2.05) is 91.9 Å². The first kappa shape index (κ1) is 30.4. The van der Waals surface area contributed by atoms with Crippen molar-refractivity contribution >= 4 is 34.9 Å². The van der Waals surface area contributed by atoms with Gasteiger partial charge in [0.05, 0.1) is 4.90 Å². The molecule has 5 aromatic carbocycles. The van der Waals surface area contributed by atoms with Gasteiger partial charge in [0.2, 0.25) is 5.60 Å². The zero-order chi connectivity index (χ0) is 31.4. The Morgan fingerprint density at radius 1 is 0.778 bits per heavy atom. The van der Waals surface area contributed by atoms with E-state index >= 15 is 0 Å². The number of nitrogens with one attached hydrogen (secondary N) is 1. The summed E-state index contributed by atoms with van der Waals surface area (Å²) < 4.78 is 56.0. The highest BCUT2D eigenvalue weighted by Crippen LogP contribution is 2.50. The molecule has 6 rings (SSSR count). The first-order valence-corrected chi connectivity index (χ1v) is 17.0. The van der Waals surface area contributed by atoms with Crippen molar-refractivity contribution in [2.45, 2.75) is 30.3 Å². The number of anilines is 1. The Hall–Kier alpha value is -4.59. The lowest BCUT2D eigenvalue weighted by molar-refractivity contribution is 0.0822. The van der Waals surface area contributed by atoms with Gasteiger partial charge in [-0.3, -0.25) is 4.72 Å². The Morgan fingerprint density at radius 3 is 2.07 bits per heavy atom. The average molecular weight is 637 g/mol. The maximum atomic E-state index is 13.9. The van der Waals surface area contributed by atoms with Crippen LogP contribution < -0.4 is 4.72 Å². The van der Waals surface area contributed by atoms with E-state index < -0.39 is 23.9 Å². The summed E-state index contributed by atoms with van der Waals surface area (Å²) in [6.45, 7) is 1.88. The summed E-state index contributed by atoms with van der Waals surface area (Å²) in [6.07, 6.45) is 0.560. The smallest absolute Gasteiger partial charge is 0.455 e. The number of benzene rings is 5. The maximum Gasteiger partial charge on any atom is 0.696 e. The number of hydrogen-bond donors (Lipinski definition) is 2. The van der Waals surface area contributed by atoms with Gasteiger partial charge < -0.3 is 4.42 Å². The monoisotopic (exact) mass is 636 g/mol. The largest absolute Gasteiger partial charge is 0.696 e. The summed E-state index contributed by atoms with van der Waals surface area (Å²) >= 11 is 0. The number of sulfonamides is 1. The molecule has 0 aliphatic carbocycles. The quantitative estimate of drug-likeness (QED) is 0.139. The van der Waals surface area contributed by atoms with Crippen LogP contribution in [0.4, 0.5) is 5.69 Å². The molecule has 0 aliphatic rings. The molecule has 6 aromatic rings. The molecule has 1 heterocycles. The molecule has 0 spiro atoms. The second-order valence-electron chi connectivity index (χ2n) is 10.9. The van der Waals surface area contributed by atoms with Crippen LogP contribution >= 0.6 is 8.25 Å². The third-order valence-electron chi connectivity index (χ3n) is 7.75. The lowest BCUT2D eigenvalue weighted by atomic mass is 9.80. The van der Waals surface area contributed by atoms with Gasteiger partial charge in [-0.1, -0.05) is 119 Å². The first-order chi connectivity index (χ1) is 21.7. The molecule has 0 aliphatic heterocycles. The Morgan fingerprint density at radius 2 is 1.38 bits per heavy atom. The van der Waals surface area contributed by atoms with E-state index in [0.717, 1.165) is 22.3 Å². The summed E-state index contributed by atoms with van der Waals surface area (Å²) in [5, 5.41) is 0.484. The molecule has 0 bridgehead atoms. The van der Waals surface area contributed by atoms with E-state index in [4.69, 9.17) is 8.94 Å². The van der Waals surface area contributed by atoms with Crippen molar-refractivity contribution in [3.8, 4) is 0 Å². The minimum absolute atomic E-state index is 0.0663. The molecule has 0 radical (unpaired) electrons. The van der Waals surface area contributed by atoms with Crippen molar-refractivity contribution in [1.82, 2.24) is 0 Å². The molecular weight excluding hydrogens is 605 g/mol. The molecule has 0 fully saturated rings. The second kappa shape index (κ2) is 12.8. The third-order valence-corrected chi connectivity index (χ3v) is 9.58. The predicted molar refractivity (Wildman–Crippen MR) is 176 cm³/mol. The van der Waals surface area contributed by atoms with Crippen LogP contribution in [0.15, 0.2) is 143 Å². The lowest BCUT2D eigenvalue weighted by Crippen LogP contribution is -2.34. The SMILES string of the molecule is Cc1ccc(S(=O)(=O)Nc2c(C(Cc3ccccc3)(O[P+](=O)O)c3ccccc3Cc3ccccc3)oc3ccccc23)cc1. The van der Waals surface area contributed by atoms with E-state index in [1.54, 1.807) is 36.4 Å². The zero-order valence-electron chi connectivity index (χ0n) is 24.5. The minimum Gasteiger partial charge on any atom is -0.455 e. The van der Waals surface area contributed by atoms with Gasteiger partial charge >= 0.3 is 8.25 Å². The lowest BCUT2D eigenvalue weighted by Gasteiger charge is -2.30. The van der Waals surface area contributed by atoms with E-state index in [9.17, 15) is 17.9 Å². The van der Waals surface area contributed by atoms with Gasteiger partial charge in [-0.25, -0.2) is 8.42 Å². The van der Waals surface area contributed by atoms with Gasteiger partial charge in [-0.2, -0.15) is 0 Å². The van der Waals surface area contributed by atoms with Crippen molar-refractivity contribution in [1.29, 1.82) is 0 Å². The first-order valence-electron chi connectivity index (χ1n) is 14.4. The zero-order valence-corrected chi connectivity index (χ0v) is 26.2. The molecule has 226 valence electrons. The van der Waals surface area contributed by atoms with Crippen molar-refractivity contribution < 1.29 is 26.8 Å². The number of para-hydroxylation sites is 1. The highest BCUT2D eigenvalue weighted by molar-refractivity contribution is 7.92. The molecule has 7 nitrogen and oxygen atoms in total. The van der Waals surface area contributed by atoms with Crippen LogP contribution in [0.1, 0.15) is 33.6 Å². The highest BCUT2D eigenvalue weighted by Gasteiger charge is 2.50. The van der Waals surface area contributed by atoms with Crippen LogP contribution in [0.25, 0.3) is 11.0 Å². The Balaban J connectivity index is 1.64. The molecule has 0 saturated carbocycles. The number of aryl methyl sites for hydroxylation is 1. The van der Waals surface area contributed by atoms with E-state index in [2.05, 4.69) is 4.72 Å². The minimum atomic E-state index is -4.12. The van der Waals surface area contributed by atoms with Gasteiger partial charge in [0.1, 0.15) is 11.3 Å². The Labute approximate surface area is 263 Å². The average Bonchev–Trinajstić information content (AvgIpc) is 3.40. The van der Waals surface area contributed by atoms with Crippen molar-refractivity contribution in [3.05, 3.63) is 167 Å². The highest BCUT2D eigenvalue weighted by atomic mass is 32.2. The maximum absolute atomic E-state index is 13.9. The van der Waals surface area contributed by atoms with Crippen LogP contribution in [-0.2, 0) is 37.6 Å². The summed E-state index contributed by atoms with van der Waals surface area (Å²) in [7, 11) is -7.33. The van der Waals surface area contributed by atoms with E-state index in [1.165, 1.54) is 12.1 Å². The van der Waals surface area contributed by atoms with E-state index in [-0.39, 0.29) is 22.8 Å². The number of hydrogen-bond acceptors (Lipinski definition) is 5. The number of furan rings is 1. The van der Waals surface area contributed by atoms with Crippen molar-refractivity contribution in [3.63, 3.8) is 0 Å². The number of rotatable bonds is 11. The van der Waals surface area contributed by atoms with Crippen molar-refractivity contribution in [2.75, 3.05) is 4.72 Å². The van der Waals surface area contributed by atoms with Gasteiger partial charge in [-0.15, -0.1) is 4.89 Å². The van der Waals surface area contributed by atoms with Crippen LogP contribution in [0.2, 0.25) is 0 Å². The predicted octanol–water partition coefficient (Wildman–Crippen LogP) is 8.29. The fourth-order valence-corrected chi connectivity index (χ4v) is 7.26. The Kier molecular flexibility index (Phi) is 8.65. The topological polar surface area (TPSA) is 106 Å². The molecule has 9 heteroatoms. The molecule has 45 heavy (non-hydrogen) atoms. The van der Waals surface area contributed by atoms with Gasteiger partial charge in [0, 0.05) is 21.9 Å². The molecule has 1 aromatic heterocycles. The summed E-state index contributed by atoms with van der Waals surface area (Å²) in [5.41, 5.74) is 2.93. The summed E-state index contributed by atoms with van der Waals surface area (Å²) in [6, 6.07) is 40.3. The van der Waals surface area contributed by atoms with Crippen LogP contribution in [0, 0.1) is 6.92 Å². The molecule has 0 saturated heterocycles. The normalized spacial score (nSPS) is 13.3. The fourth-order valence-electron chi connectivity index (χ4n) is 5.66. The molecular formula is C36H31NO6PS+. The second-order valence-corrected chi connectivity index (χ2v) is 13.2. The van der Waals surface area contributed by atoms with E-state index in [0.29, 0.717) is 23.0 Å². The Bertz CT molecular complexity index is 2060. The third kappa shape index (κ3) is 6.46. The van der Waals surface area contributed by atoms with Gasteiger partial charge in [0.25, 0.3) is 10.0 Å². The fraction of sp³-hybridized carbons (Fsp3) is 0.111. The molecule has 2 N–H and O–H groups in total. The van der Waals surface area contributed by atoms with Gasteiger partial charge in [0.15, 0.2) is 5.76 Å². The molecule has 2 unspecified atom stereocenters. The molecule has 0 amide bonds.